The van der Waals surface area contributed by atoms with Crippen molar-refractivity contribution >= 4 is 29.2 Å². The number of nitrogens with zero attached hydrogens (tertiary/aromatic N) is 2. The Bertz CT molecular complexity index is 1040. The summed E-state index contributed by atoms with van der Waals surface area (Å²) < 4.78 is 10.9. The quantitative estimate of drug-likeness (QED) is 0.637. The second-order valence-electron chi connectivity index (χ2n) is 5.80. The maximum atomic E-state index is 12.2. The molecule has 1 amide bonds. The summed E-state index contributed by atoms with van der Waals surface area (Å²) in [5.41, 5.74) is 0.997. The van der Waals surface area contributed by atoms with E-state index in [1.165, 1.54) is 6.92 Å². The first-order chi connectivity index (χ1) is 13.4. The Kier molecular flexibility index (Phi) is 5.90. The van der Waals surface area contributed by atoms with Gasteiger partial charge in [0.15, 0.2) is 6.10 Å². The number of carbonyl (C=O) groups excluding carboxylic acids is 2. The van der Waals surface area contributed by atoms with E-state index < -0.39 is 30.3 Å². The maximum Gasteiger partial charge on any atom is 0.437 e. The molecule has 0 saturated carbocycles. The summed E-state index contributed by atoms with van der Waals surface area (Å²) in [6.45, 7) is 0.921. The average Bonchev–Trinajstić information content (AvgIpc) is 3.04. The molecule has 2 aromatic carbocycles. The molecule has 0 fully saturated rings. The van der Waals surface area contributed by atoms with Crippen molar-refractivity contribution in [2.24, 2.45) is 0 Å². The highest BCUT2D eigenvalue weighted by Crippen LogP contribution is 2.20. The van der Waals surface area contributed by atoms with Crippen LogP contribution in [-0.4, -0.2) is 27.8 Å². The number of hydrogen-bond donors (Lipinski definition) is 1. The molecule has 1 heterocycles. The summed E-state index contributed by atoms with van der Waals surface area (Å²) in [6.07, 6.45) is -1.10. The second kappa shape index (κ2) is 8.53. The van der Waals surface area contributed by atoms with Crippen LogP contribution in [0.4, 0.5) is 5.69 Å². The summed E-state index contributed by atoms with van der Waals surface area (Å²) >= 11 is 5.98. The zero-order valence-corrected chi connectivity index (χ0v) is 15.6. The SMILES string of the molecule is C[C@@H](OC(=O)Cn1nc(-c2ccccc2)oc1=O)C(=O)Nc1ccccc1Cl. The smallest absolute Gasteiger partial charge is 0.437 e. The van der Waals surface area contributed by atoms with E-state index in [2.05, 4.69) is 10.4 Å². The van der Waals surface area contributed by atoms with Crippen molar-refractivity contribution in [3.05, 3.63) is 70.2 Å². The van der Waals surface area contributed by atoms with Crippen LogP contribution in [0.25, 0.3) is 11.5 Å². The number of nitrogens with one attached hydrogen (secondary N) is 1. The van der Waals surface area contributed by atoms with Gasteiger partial charge in [-0.15, -0.1) is 5.10 Å². The van der Waals surface area contributed by atoms with Crippen molar-refractivity contribution in [3.63, 3.8) is 0 Å². The molecule has 8 nitrogen and oxygen atoms in total. The predicted molar refractivity (Wildman–Crippen MR) is 102 cm³/mol. The zero-order valence-electron chi connectivity index (χ0n) is 14.8. The molecule has 9 heteroatoms. The molecule has 0 unspecified atom stereocenters. The first-order valence-corrected chi connectivity index (χ1v) is 8.70. The molecule has 0 bridgehead atoms. The van der Waals surface area contributed by atoms with Gasteiger partial charge in [0.2, 0.25) is 5.89 Å². The average molecular weight is 402 g/mol. The second-order valence-corrected chi connectivity index (χ2v) is 6.21. The van der Waals surface area contributed by atoms with Crippen molar-refractivity contribution in [2.45, 2.75) is 19.6 Å². The van der Waals surface area contributed by atoms with Gasteiger partial charge >= 0.3 is 11.7 Å². The number of anilines is 1. The molecule has 0 aliphatic rings. The minimum Gasteiger partial charge on any atom is -0.451 e. The van der Waals surface area contributed by atoms with Gasteiger partial charge in [0.25, 0.3) is 5.91 Å². The Balaban J connectivity index is 1.61. The molecule has 0 saturated heterocycles. The molecule has 1 N–H and O–H groups in total. The van der Waals surface area contributed by atoms with E-state index >= 15 is 0 Å². The highest BCUT2D eigenvalue weighted by molar-refractivity contribution is 6.33. The lowest BCUT2D eigenvalue weighted by Gasteiger charge is -2.13. The van der Waals surface area contributed by atoms with Gasteiger partial charge in [-0.1, -0.05) is 41.9 Å². The molecule has 0 aliphatic heterocycles. The number of carbonyl (C=O) groups is 2. The monoisotopic (exact) mass is 401 g/mol. The normalized spacial score (nSPS) is 11.6. The minimum atomic E-state index is -1.10. The third-order valence-electron chi connectivity index (χ3n) is 3.72. The van der Waals surface area contributed by atoms with Gasteiger partial charge in [0.1, 0.15) is 6.54 Å². The molecule has 28 heavy (non-hydrogen) atoms. The highest BCUT2D eigenvalue weighted by atomic mass is 35.5. The Morgan fingerprint density at radius 2 is 1.86 bits per heavy atom. The van der Waals surface area contributed by atoms with Crippen molar-refractivity contribution < 1.29 is 18.7 Å². The lowest BCUT2D eigenvalue weighted by Crippen LogP contribution is -2.32. The molecule has 0 spiro atoms. The van der Waals surface area contributed by atoms with E-state index in [4.69, 9.17) is 20.8 Å². The van der Waals surface area contributed by atoms with Gasteiger partial charge in [-0.25, -0.2) is 4.79 Å². The number of rotatable bonds is 6. The maximum absolute atomic E-state index is 12.2. The molecule has 0 aliphatic carbocycles. The van der Waals surface area contributed by atoms with E-state index in [1.54, 1.807) is 48.5 Å². The van der Waals surface area contributed by atoms with Crippen LogP contribution in [0.1, 0.15) is 6.92 Å². The number of benzene rings is 2. The van der Waals surface area contributed by atoms with E-state index in [-0.39, 0.29) is 5.89 Å². The first-order valence-electron chi connectivity index (χ1n) is 8.32. The van der Waals surface area contributed by atoms with E-state index in [0.29, 0.717) is 16.3 Å². The molecule has 144 valence electrons. The molecule has 3 rings (SSSR count). The van der Waals surface area contributed by atoms with E-state index in [0.717, 1.165) is 4.68 Å². The molecular weight excluding hydrogens is 386 g/mol. The predicted octanol–water partition coefficient (Wildman–Crippen LogP) is 2.73. The number of para-hydroxylation sites is 1. The number of halogens is 1. The zero-order chi connectivity index (χ0) is 20.1. The Morgan fingerprint density at radius 1 is 1.18 bits per heavy atom. The van der Waals surface area contributed by atoms with Crippen LogP contribution >= 0.6 is 11.6 Å². The summed E-state index contributed by atoms with van der Waals surface area (Å²) in [4.78, 5) is 36.1. The van der Waals surface area contributed by atoms with E-state index in [1.807, 2.05) is 6.07 Å². The summed E-state index contributed by atoms with van der Waals surface area (Å²) in [5.74, 6) is -2.08. The number of ether oxygens (including phenoxy) is 1. The fraction of sp³-hybridized carbons (Fsp3) is 0.158. The van der Waals surface area contributed by atoms with Crippen LogP contribution in [0.3, 0.4) is 0 Å². The number of esters is 1. The molecule has 1 aromatic heterocycles. The highest BCUT2D eigenvalue weighted by Gasteiger charge is 2.20. The van der Waals surface area contributed by atoms with Gasteiger partial charge in [0.05, 0.1) is 10.7 Å². The van der Waals surface area contributed by atoms with Crippen molar-refractivity contribution in [1.29, 1.82) is 0 Å². The van der Waals surface area contributed by atoms with Crippen LogP contribution in [0.5, 0.6) is 0 Å². The van der Waals surface area contributed by atoms with Crippen molar-refractivity contribution in [1.82, 2.24) is 9.78 Å². The van der Waals surface area contributed by atoms with Gasteiger partial charge in [-0.2, -0.15) is 4.68 Å². The van der Waals surface area contributed by atoms with Gasteiger partial charge in [-0.05, 0) is 31.2 Å². The van der Waals surface area contributed by atoms with Crippen LogP contribution in [0.15, 0.2) is 63.8 Å². The molecular formula is C19H16ClN3O5. The Morgan fingerprint density at radius 3 is 2.57 bits per heavy atom. The van der Waals surface area contributed by atoms with Crippen LogP contribution < -0.4 is 11.1 Å². The number of amides is 1. The third kappa shape index (κ3) is 4.66. The summed E-state index contributed by atoms with van der Waals surface area (Å²) in [7, 11) is 0. The Hall–Kier alpha value is -3.39. The first kappa shape index (κ1) is 19.4. The van der Waals surface area contributed by atoms with Crippen LogP contribution in [0.2, 0.25) is 5.02 Å². The fourth-order valence-corrected chi connectivity index (χ4v) is 2.49. The summed E-state index contributed by atoms with van der Waals surface area (Å²) in [5, 5.41) is 6.89. The molecule has 0 radical (unpaired) electrons. The Labute approximate surface area is 164 Å². The minimum absolute atomic E-state index is 0.0860. The van der Waals surface area contributed by atoms with Gasteiger partial charge in [-0.3, -0.25) is 9.59 Å². The standard InChI is InChI=1S/C19H16ClN3O5/c1-12(17(25)21-15-10-6-5-9-14(15)20)27-16(24)11-23-19(26)28-18(22-23)13-7-3-2-4-8-13/h2-10,12H,11H2,1H3,(H,21,25)/t12-/m1/s1. The van der Waals surface area contributed by atoms with Crippen LogP contribution in [-0.2, 0) is 20.9 Å². The van der Waals surface area contributed by atoms with Crippen molar-refractivity contribution in [3.8, 4) is 11.5 Å². The van der Waals surface area contributed by atoms with Gasteiger partial charge in [0, 0.05) is 5.56 Å². The fourth-order valence-electron chi connectivity index (χ4n) is 2.31. The topological polar surface area (TPSA) is 103 Å². The summed E-state index contributed by atoms with van der Waals surface area (Å²) in [6, 6.07) is 15.4. The third-order valence-corrected chi connectivity index (χ3v) is 4.04. The lowest BCUT2D eigenvalue weighted by atomic mass is 10.2. The van der Waals surface area contributed by atoms with Crippen molar-refractivity contribution in [2.75, 3.05) is 5.32 Å². The lowest BCUT2D eigenvalue weighted by molar-refractivity contribution is -0.154. The largest absolute Gasteiger partial charge is 0.451 e. The van der Waals surface area contributed by atoms with E-state index in [9.17, 15) is 14.4 Å². The number of aromatic nitrogens is 2. The molecule has 3 aromatic rings. The van der Waals surface area contributed by atoms with Gasteiger partial charge < -0.3 is 14.5 Å². The van der Waals surface area contributed by atoms with Crippen LogP contribution in [0, 0.1) is 0 Å². The molecule has 1 atom stereocenters. The number of hydrogen-bond acceptors (Lipinski definition) is 6.